The van der Waals surface area contributed by atoms with Crippen LogP contribution in [0, 0.1) is 0 Å². The molecule has 0 aromatic heterocycles. The number of rotatable bonds is 8. The zero-order chi connectivity index (χ0) is 25.6. The van der Waals surface area contributed by atoms with Crippen LogP contribution in [0.1, 0.15) is 36.7 Å². The number of nitrogens with two attached hydrogens (primary N) is 1. The van der Waals surface area contributed by atoms with E-state index in [4.69, 9.17) is 15.6 Å². The number of piperazine rings is 1. The van der Waals surface area contributed by atoms with E-state index in [2.05, 4.69) is 5.32 Å². The van der Waals surface area contributed by atoms with Gasteiger partial charge in [0.25, 0.3) is 0 Å². The number of amides is 2. The highest BCUT2D eigenvalue weighted by Gasteiger charge is 2.25. The molecule has 0 aliphatic carbocycles. The number of ether oxygens (including phenoxy) is 1. The third-order valence-electron chi connectivity index (χ3n) is 5.54. The van der Waals surface area contributed by atoms with Gasteiger partial charge in [0.15, 0.2) is 0 Å². The van der Waals surface area contributed by atoms with Crippen molar-refractivity contribution in [1.29, 1.82) is 0 Å². The molecule has 1 aliphatic rings. The first kappa shape index (κ1) is 26.3. The van der Waals surface area contributed by atoms with Crippen LogP contribution in [0.5, 0.6) is 0 Å². The summed E-state index contributed by atoms with van der Waals surface area (Å²) in [5, 5.41) is 11.8. The molecule has 0 saturated carbocycles. The topological polar surface area (TPSA) is 125 Å². The molecule has 35 heavy (non-hydrogen) atoms. The number of β-amino-alcohol motifs (C(OH)–C–C–N with tert-alkyl or cyclic N) is 1. The molecule has 1 saturated heterocycles. The third kappa shape index (κ3) is 7.61. The lowest BCUT2D eigenvalue weighted by atomic mass is 10.0. The van der Waals surface area contributed by atoms with Crippen molar-refractivity contribution in [3.63, 3.8) is 0 Å². The van der Waals surface area contributed by atoms with Crippen LogP contribution < -0.4 is 16.0 Å². The van der Waals surface area contributed by atoms with Crippen LogP contribution in [0.4, 0.5) is 11.4 Å². The summed E-state index contributed by atoms with van der Waals surface area (Å²) in [6.45, 7) is 7.48. The second-order valence-corrected chi connectivity index (χ2v) is 9.59. The molecule has 188 valence electrons. The summed E-state index contributed by atoms with van der Waals surface area (Å²) in [7, 11) is 0. The monoisotopic (exact) mass is 482 g/mol. The lowest BCUT2D eigenvalue weighted by Crippen LogP contribution is -2.51. The molecule has 1 atom stereocenters. The second kappa shape index (κ2) is 11.4. The molecule has 2 amide bonds. The van der Waals surface area contributed by atoms with Gasteiger partial charge in [-0.25, -0.2) is 4.79 Å². The van der Waals surface area contributed by atoms with Gasteiger partial charge in [0.1, 0.15) is 5.60 Å². The second-order valence-electron chi connectivity index (χ2n) is 9.59. The number of nitrogens with one attached hydrogen (secondary N) is 1. The molecule has 2 aromatic carbocycles. The molecule has 3 rings (SSSR count). The van der Waals surface area contributed by atoms with Gasteiger partial charge >= 0.3 is 5.97 Å². The van der Waals surface area contributed by atoms with E-state index >= 15 is 0 Å². The van der Waals surface area contributed by atoms with Gasteiger partial charge in [-0.1, -0.05) is 12.1 Å². The van der Waals surface area contributed by atoms with Crippen LogP contribution in [0.15, 0.2) is 48.5 Å². The van der Waals surface area contributed by atoms with Crippen LogP contribution in [0.3, 0.4) is 0 Å². The molecule has 4 N–H and O–H groups in total. The first-order chi connectivity index (χ1) is 16.6. The third-order valence-corrected chi connectivity index (χ3v) is 5.54. The molecular formula is C26H34N4O5. The molecule has 1 heterocycles. The summed E-state index contributed by atoms with van der Waals surface area (Å²) >= 11 is 0. The smallest absolute Gasteiger partial charge is 0.338 e. The predicted octanol–water partition coefficient (Wildman–Crippen LogP) is 1.79. The van der Waals surface area contributed by atoms with Crippen molar-refractivity contribution in [2.45, 2.75) is 38.8 Å². The average molecular weight is 483 g/mol. The minimum Gasteiger partial charge on any atom is -0.456 e. The summed E-state index contributed by atoms with van der Waals surface area (Å²) in [5.74, 6) is -0.773. The van der Waals surface area contributed by atoms with Crippen LogP contribution in [0.25, 0.3) is 0 Å². The van der Waals surface area contributed by atoms with E-state index in [1.165, 1.54) is 0 Å². The summed E-state index contributed by atoms with van der Waals surface area (Å²) < 4.78 is 5.34. The Balaban J connectivity index is 1.52. The molecule has 1 fully saturated rings. The number of esters is 1. The number of aliphatic hydroxyl groups excluding tert-OH is 1. The maximum Gasteiger partial charge on any atom is 0.338 e. The van der Waals surface area contributed by atoms with Crippen molar-refractivity contribution in [2.75, 3.05) is 43.0 Å². The van der Waals surface area contributed by atoms with Crippen molar-refractivity contribution in [3.05, 3.63) is 59.7 Å². The fraction of sp³-hybridized carbons (Fsp3) is 0.423. The van der Waals surface area contributed by atoms with Crippen LogP contribution in [-0.2, 0) is 20.7 Å². The van der Waals surface area contributed by atoms with Crippen LogP contribution in [0.2, 0.25) is 0 Å². The Morgan fingerprint density at radius 1 is 1.09 bits per heavy atom. The largest absolute Gasteiger partial charge is 0.456 e. The maximum atomic E-state index is 12.6. The van der Waals surface area contributed by atoms with Crippen LogP contribution in [-0.4, -0.2) is 72.2 Å². The normalized spacial score (nSPS) is 15.6. The fourth-order valence-corrected chi connectivity index (χ4v) is 3.75. The van der Waals surface area contributed by atoms with Crippen molar-refractivity contribution >= 4 is 29.2 Å². The number of hydrogen-bond acceptors (Lipinski definition) is 7. The Labute approximate surface area is 205 Å². The van der Waals surface area contributed by atoms with Crippen molar-refractivity contribution in [2.24, 2.45) is 5.73 Å². The van der Waals surface area contributed by atoms with E-state index in [9.17, 15) is 14.4 Å². The highest BCUT2D eigenvalue weighted by molar-refractivity contribution is 5.96. The zero-order valence-corrected chi connectivity index (χ0v) is 20.5. The number of anilines is 2. The Morgan fingerprint density at radius 2 is 1.74 bits per heavy atom. The lowest BCUT2D eigenvalue weighted by molar-refractivity contribution is -0.121. The maximum absolute atomic E-state index is 12.6. The van der Waals surface area contributed by atoms with Gasteiger partial charge in [-0.2, -0.15) is 0 Å². The number of hydrogen-bond donors (Lipinski definition) is 3. The van der Waals surface area contributed by atoms with Gasteiger partial charge < -0.3 is 25.8 Å². The molecule has 2 aromatic rings. The number of aliphatic hydroxyl groups is 1. The van der Waals surface area contributed by atoms with Gasteiger partial charge in [-0.3, -0.25) is 14.5 Å². The number of carbonyl (C=O) groups excluding carboxylic acids is 3. The molecule has 0 spiro atoms. The highest BCUT2D eigenvalue weighted by Crippen LogP contribution is 2.19. The lowest BCUT2D eigenvalue weighted by Gasteiger charge is -2.34. The molecule has 0 unspecified atom stereocenters. The first-order valence-corrected chi connectivity index (χ1v) is 11.7. The standard InChI is InChI=1S/C26H34N4O5/c1-26(2,3)35-25(34)19-6-8-20(9-7-19)28-24(33)22(27)16-18-4-10-21(11-5-18)30-13-12-29(14-15-31)17-23(30)32/h4-11,22,31H,12-17,27H2,1-3H3,(H,28,33)/t22-/m0/s1. The van der Waals surface area contributed by atoms with Crippen LogP contribution >= 0.6 is 0 Å². The molecular weight excluding hydrogens is 448 g/mol. The van der Waals surface area contributed by atoms with E-state index in [1.807, 2.05) is 29.2 Å². The SMILES string of the molecule is CC(C)(C)OC(=O)c1ccc(NC(=O)[C@@H](N)Cc2ccc(N3CCN(CCO)CC3=O)cc2)cc1. The van der Waals surface area contributed by atoms with Gasteiger partial charge in [0.2, 0.25) is 11.8 Å². The predicted molar refractivity (Wildman–Crippen MR) is 134 cm³/mol. The number of carbonyl (C=O) groups is 3. The molecule has 9 nitrogen and oxygen atoms in total. The minimum atomic E-state index is -0.768. The van der Waals surface area contributed by atoms with Gasteiger partial charge in [-0.15, -0.1) is 0 Å². The minimum absolute atomic E-state index is 0.00813. The van der Waals surface area contributed by atoms with Crippen molar-refractivity contribution < 1.29 is 24.2 Å². The first-order valence-electron chi connectivity index (χ1n) is 11.7. The Kier molecular flexibility index (Phi) is 8.61. The van der Waals surface area contributed by atoms with E-state index in [1.54, 1.807) is 49.9 Å². The molecule has 0 radical (unpaired) electrons. The highest BCUT2D eigenvalue weighted by atomic mass is 16.6. The van der Waals surface area contributed by atoms with E-state index in [-0.39, 0.29) is 25.0 Å². The molecule has 0 bridgehead atoms. The molecule has 1 aliphatic heterocycles. The van der Waals surface area contributed by atoms with Crippen molar-refractivity contribution in [3.8, 4) is 0 Å². The summed E-state index contributed by atoms with van der Waals surface area (Å²) in [5.41, 5.74) is 8.14. The molecule has 9 heteroatoms. The number of nitrogens with zero attached hydrogens (tertiary/aromatic N) is 2. The van der Waals surface area contributed by atoms with E-state index in [0.29, 0.717) is 37.3 Å². The van der Waals surface area contributed by atoms with Gasteiger partial charge in [0.05, 0.1) is 24.8 Å². The Morgan fingerprint density at radius 3 is 2.31 bits per heavy atom. The van der Waals surface area contributed by atoms with Gasteiger partial charge in [0, 0.05) is 31.0 Å². The van der Waals surface area contributed by atoms with E-state index in [0.717, 1.165) is 11.3 Å². The fourth-order valence-electron chi connectivity index (χ4n) is 3.75. The quantitative estimate of drug-likeness (QED) is 0.490. The zero-order valence-electron chi connectivity index (χ0n) is 20.5. The summed E-state index contributed by atoms with van der Waals surface area (Å²) in [6.07, 6.45) is 0.334. The Hall–Kier alpha value is -3.27. The Bertz CT molecular complexity index is 1030. The summed E-state index contributed by atoms with van der Waals surface area (Å²) in [6, 6.07) is 13.1. The number of benzene rings is 2. The average Bonchev–Trinajstić information content (AvgIpc) is 2.79. The van der Waals surface area contributed by atoms with Gasteiger partial charge in [-0.05, 0) is 69.2 Å². The van der Waals surface area contributed by atoms with E-state index < -0.39 is 17.6 Å². The summed E-state index contributed by atoms with van der Waals surface area (Å²) in [4.78, 5) is 40.8. The van der Waals surface area contributed by atoms with Crippen molar-refractivity contribution in [1.82, 2.24) is 4.90 Å².